The Labute approximate surface area is 300 Å². The van der Waals surface area contributed by atoms with Gasteiger partial charge >= 0.3 is 0 Å². The van der Waals surface area contributed by atoms with E-state index in [1.165, 1.54) is 10.8 Å². The van der Waals surface area contributed by atoms with Crippen molar-refractivity contribution in [1.82, 2.24) is 4.98 Å². The van der Waals surface area contributed by atoms with Crippen LogP contribution < -0.4 is 9.80 Å². The Morgan fingerprint density at radius 1 is 0.365 bits per heavy atom. The van der Waals surface area contributed by atoms with Crippen molar-refractivity contribution >= 4 is 77.9 Å². The van der Waals surface area contributed by atoms with Crippen molar-refractivity contribution in [2.24, 2.45) is 0 Å². The minimum absolute atomic E-state index is 0.565. The number of aromatic nitrogens is 1. The first-order valence-corrected chi connectivity index (χ1v) is 17.4. The van der Waals surface area contributed by atoms with Crippen LogP contribution in [-0.4, -0.2) is 4.98 Å². The van der Waals surface area contributed by atoms with Gasteiger partial charge in [-0.2, -0.15) is 0 Å². The maximum Gasteiger partial charge on any atom is 0.227 e. The van der Waals surface area contributed by atoms with Gasteiger partial charge in [-0.15, -0.1) is 0 Å². The van der Waals surface area contributed by atoms with Gasteiger partial charge < -0.3 is 18.6 Å². The summed E-state index contributed by atoms with van der Waals surface area (Å²) in [7, 11) is 0. The van der Waals surface area contributed by atoms with Crippen molar-refractivity contribution in [2.75, 3.05) is 9.80 Å². The summed E-state index contributed by atoms with van der Waals surface area (Å²) >= 11 is 0. The number of benzene rings is 8. The number of fused-ring (bicyclic) bond motifs is 5. The van der Waals surface area contributed by atoms with Crippen LogP contribution in [0.3, 0.4) is 0 Å². The van der Waals surface area contributed by atoms with Gasteiger partial charge in [0.2, 0.25) is 5.89 Å². The van der Waals surface area contributed by atoms with Gasteiger partial charge in [-0.1, -0.05) is 103 Å². The van der Waals surface area contributed by atoms with E-state index in [9.17, 15) is 0 Å². The minimum atomic E-state index is 0.565. The van der Waals surface area contributed by atoms with E-state index in [1.54, 1.807) is 0 Å². The molecule has 10 aromatic rings. The molecule has 0 fully saturated rings. The van der Waals surface area contributed by atoms with Gasteiger partial charge in [-0.25, -0.2) is 4.98 Å². The van der Waals surface area contributed by atoms with E-state index in [4.69, 9.17) is 13.8 Å². The largest absolute Gasteiger partial charge is 0.456 e. The number of anilines is 6. The van der Waals surface area contributed by atoms with Gasteiger partial charge in [0.05, 0.1) is 11.4 Å². The van der Waals surface area contributed by atoms with E-state index in [-0.39, 0.29) is 0 Å². The van der Waals surface area contributed by atoms with E-state index in [0.717, 1.165) is 67.1 Å². The first kappa shape index (κ1) is 29.8. The zero-order chi connectivity index (χ0) is 34.4. The fourth-order valence-corrected chi connectivity index (χ4v) is 7.20. The van der Waals surface area contributed by atoms with E-state index in [0.29, 0.717) is 11.5 Å². The molecular weight excluding hydrogens is 639 g/mol. The lowest BCUT2D eigenvalue weighted by atomic mass is 10.1. The smallest absolute Gasteiger partial charge is 0.227 e. The molecule has 0 aliphatic rings. The van der Waals surface area contributed by atoms with Crippen molar-refractivity contribution in [3.8, 4) is 11.5 Å². The van der Waals surface area contributed by atoms with Crippen molar-refractivity contribution in [3.05, 3.63) is 188 Å². The van der Waals surface area contributed by atoms with E-state index in [1.807, 2.05) is 54.6 Å². The number of furan rings is 1. The highest BCUT2D eigenvalue weighted by molar-refractivity contribution is 6.07. The fraction of sp³-hybridized carbons (Fsp3) is 0. The summed E-state index contributed by atoms with van der Waals surface area (Å²) in [4.78, 5) is 9.76. The molecule has 0 amide bonds. The summed E-state index contributed by atoms with van der Waals surface area (Å²) < 4.78 is 12.9. The molecule has 0 atom stereocenters. The Balaban J connectivity index is 1.26. The normalized spacial score (nSPS) is 11.5. The first-order chi connectivity index (χ1) is 25.8. The molecule has 0 N–H and O–H groups in total. The van der Waals surface area contributed by atoms with Gasteiger partial charge in [0.1, 0.15) is 16.7 Å². The predicted molar refractivity (Wildman–Crippen MR) is 214 cm³/mol. The molecular formula is C47H31N3O2. The third kappa shape index (κ3) is 5.15. The molecule has 0 aliphatic carbocycles. The van der Waals surface area contributed by atoms with Gasteiger partial charge in [0.15, 0.2) is 5.58 Å². The van der Waals surface area contributed by atoms with Gasteiger partial charge in [0.25, 0.3) is 0 Å². The highest BCUT2D eigenvalue weighted by Crippen LogP contribution is 2.46. The third-order valence-electron chi connectivity index (χ3n) is 9.62. The second kappa shape index (κ2) is 12.3. The van der Waals surface area contributed by atoms with Crippen molar-refractivity contribution in [3.63, 3.8) is 0 Å². The number of para-hydroxylation sites is 3. The SMILES string of the molecule is c1ccc(-c2nc3c(N(c4ccccc4)c4ccc5oc6ccccc6c5c4)cc(N(c4ccccc4)c4ccc5ccccc5c4)cc3o2)cc1. The molecule has 8 aromatic carbocycles. The van der Waals surface area contributed by atoms with Crippen LogP contribution >= 0.6 is 0 Å². The monoisotopic (exact) mass is 669 g/mol. The number of hydrogen-bond acceptors (Lipinski definition) is 5. The molecule has 0 spiro atoms. The van der Waals surface area contributed by atoms with Crippen molar-refractivity contribution in [1.29, 1.82) is 0 Å². The summed E-state index contributed by atoms with van der Waals surface area (Å²) in [6, 6.07) is 65.0. The number of oxazole rings is 1. The minimum Gasteiger partial charge on any atom is -0.456 e. The summed E-state index contributed by atoms with van der Waals surface area (Å²) in [5, 5.41) is 4.48. The first-order valence-electron chi connectivity index (χ1n) is 17.4. The highest BCUT2D eigenvalue weighted by Gasteiger charge is 2.24. The lowest BCUT2D eigenvalue weighted by molar-refractivity contribution is 0.620. The van der Waals surface area contributed by atoms with Crippen molar-refractivity contribution < 1.29 is 8.83 Å². The summed E-state index contributed by atoms with van der Waals surface area (Å²) in [5.74, 6) is 0.565. The second-order valence-electron chi connectivity index (χ2n) is 12.8. The summed E-state index contributed by atoms with van der Waals surface area (Å²) in [6.45, 7) is 0. The zero-order valence-electron chi connectivity index (χ0n) is 28.1. The van der Waals surface area contributed by atoms with Crippen LogP contribution in [0.25, 0.3) is 55.3 Å². The lowest BCUT2D eigenvalue weighted by Crippen LogP contribution is -2.13. The number of nitrogens with zero attached hydrogens (tertiary/aromatic N) is 3. The predicted octanol–water partition coefficient (Wildman–Crippen LogP) is 13.5. The quantitative estimate of drug-likeness (QED) is 0.169. The Bertz CT molecular complexity index is 2860. The molecule has 0 unspecified atom stereocenters. The van der Waals surface area contributed by atoms with Crippen LogP contribution in [-0.2, 0) is 0 Å². The fourth-order valence-electron chi connectivity index (χ4n) is 7.20. The average molecular weight is 670 g/mol. The molecule has 0 bridgehead atoms. The average Bonchev–Trinajstić information content (AvgIpc) is 3.81. The van der Waals surface area contributed by atoms with Crippen LogP contribution in [0, 0.1) is 0 Å². The molecule has 5 nitrogen and oxygen atoms in total. The number of rotatable bonds is 7. The molecule has 0 aliphatic heterocycles. The van der Waals surface area contributed by atoms with Gasteiger partial charge in [-0.05, 0) is 89.6 Å². The molecule has 5 heteroatoms. The Morgan fingerprint density at radius 3 is 1.77 bits per heavy atom. The van der Waals surface area contributed by atoms with Crippen LogP contribution in [0.15, 0.2) is 197 Å². The third-order valence-corrected chi connectivity index (χ3v) is 9.62. The standard InChI is InChI=1S/C47H31N3O2/c1-4-15-33(16-5-1)47-48-46-42(50(36-20-8-3-9-21-36)38-26-27-44-41(29-38)40-22-12-13-23-43(40)51-44)30-39(31-45(46)52-47)49(35-18-6-2-7-19-35)37-25-24-32-14-10-11-17-34(32)28-37/h1-31H. The van der Waals surface area contributed by atoms with E-state index in [2.05, 4.69) is 143 Å². The Kier molecular flexibility index (Phi) is 7.07. The molecule has 0 saturated carbocycles. The van der Waals surface area contributed by atoms with Crippen LogP contribution in [0.5, 0.6) is 0 Å². The lowest BCUT2D eigenvalue weighted by Gasteiger charge is -2.29. The Morgan fingerprint density at radius 2 is 0.981 bits per heavy atom. The maximum atomic E-state index is 6.69. The molecule has 0 radical (unpaired) electrons. The molecule has 0 saturated heterocycles. The van der Waals surface area contributed by atoms with Gasteiger partial charge in [-0.3, -0.25) is 0 Å². The number of hydrogen-bond donors (Lipinski definition) is 0. The van der Waals surface area contributed by atoms with E-state index < -0.39 is 0 Å². The van der Waals surface area contributed by atoms with Crippen molar-refractivity contribution in [2.45, 2.75) is 0 Å². The van der Waals surface area contributed by atoms with Crippen LogP contribution in [0.2, 0.25) is 0 Å². The van der Waals surface area contributed by atoms with Crippen LogP contribution in [0.4, 0.5) is 34.1 Å². The highest BCUT2D eigenvalue weighted by atomic mass is 16.3. The van der Waals surface area contributed by atoms with Crippen LogP contribution in [0.1, 0.15) is 0 Å². The second-order valence-corrected chi connectivity index (χ2v) is 12.8. The molecule has 52 heavy (non-hydrogen) atoms. The summed E-state index contributed by atoms with van der Waals surface area (Å²) in [6.07, 6.45) is 0. The molecule has 2 aromatic heterocycles. The maximum absolute atomic E-state index is 6.69. The molecule has 10 rings (SSSR count). The zero-order valence-corrected chi connectivity index (χ0v) is 28.1. The molecule has 2 heterocycles. The molecule has 246 valence electrons. The topological polar surface area (TPSA) is 45.7 Å². The van der Waals surface area contributed by atoms with Gasteiger partial charge in [0, 0.05) is 45.2 Å². The van der Waals surface area contributed by atoms with E-state index >= 15 is 0 Å². The Hall–Kier alpha value is -7.11. The summed E-state index contributed by atoms with van der Waals surface area (Å²) in [5.41, 5.74) is 9.93.